The smallest absolute Gasteiger partial charge is 0.243 e. The molecule has 0 saturated carbocycles. The van der Waals surface area contributed by atoms with Gasteiger partial charge in [0.05, 0.1) is 16.6 Å². The second-order valence-corrected chi connectivity index (χ2v) is 12.2. The van der Waals surface area contributed by atoms with Crippen molar-refractivity contribution in [3.8, 4) is 22.8 Å². The maximum Gasteiger partial charge on any atom is 0.243 e. The molecule has 4 heterocycles. The molecule has 222 valence electrons. The molecule has 0 radical (unpaired) electrons. The Balaban J connectivity index is 1.19. The van der Waals surface area contributed by atoms with Crippen LogP contribution in [0.1, 0.15) is 30.7 Å². The lowest BCUT2D eigenvalue weighted by molar-refractivity contribution is -0.122. The lowest BCUT2D eigenvalue weighted by atomic mass is 10.0. The van der Waals surface area contributed by atoms with Crippen LogP contribution in [0.3, 0.4) is 0 Å². The fourth-order valence-corrected chi connectivity index (χ4v) is 6.94. The summed E-state index contributed by atoms with van der Waals surface area (Å²) in [5.41, 5.74) is 3.03. The number of Topliss-reactive ketones (excluding diaryl/α,β-unsaturated/α-hetero) is 1. The Morgan fingerprint density at radius 3 is 2.63 bits per heavy atom. The first-order chi connectivity index (χ1) is 20.9. The number of ether oxygens (including phenoxy) is 2. The van der Waals surface area contributed by atoms with Crippen LogP contribution < -0.4 is 14.8 Å². The molecule has 0 amide bonds. The fraction of sp³-hybridized carbons (Fsp3) is 0.290. The molecule has 0 spiro atoms. The topological polar surface area (TPSA) is 124 Å². The van der Waals surface area contributed by atoms with Gasteiger partial charge in [0.25, 0.3) is 0 Å². The van der Waals surface area contributed by atoms with Gasteiger partial charge in [-0.05, 0) is 79.9 Å². The number of sulfonamides is 1. The van der Waals surface area contributed by atoms with Crippen molar-refractivity contribution in [2.24, 2.45) is 0 Å². The summed E-state index contributed by atoms with van der Waals surface area (Å²) < 4.78 is 52.1. The quantitative estimate of drug-likeness (QED) is 0.265. The molecule has 2 aliphatic heterocycles. The van der Waals surface area contributed by atoms with E-state index in [9.17, 15) is 17.6 Å². The van der Waals surface area contributed by atoms with Gasteiger partial charge in [-0.1, -0.05) is 6.07 Å². The number of anilines is 1. The van der Waals surface area contributed by atoms with Crippen molar-refractivity contribution in [2.75, 3.05) is 25.2 Å². The first-order valence-electron chi connectivity index (χ1n) is 14.1. The molecule has 6 rings (SSSR count). The number of aromatic nitrogens is 3. The summed E-state index contributed by atoms with van der Waals surface area (Å²) in [6, 6.07) is 17.0. The minimum atomic E-state index is -3.94. The lowest BCUT2D eigenvalue weighted by Gasteiger charge is -2.23. The standard InChI is InChI=1S/C31H30FN5O5S/c32-22-7-10-25(11-8-22)43(39,40)37-17-3-5-27(37)28(38)12-9-24-19-26(21-6-13-29-30(18-21)42-20-41-29)36-31(35-24)34-16-14-23-4-1-2-15-33-23/h1-2,4,6-8,10-11,13,15,18-19,27H,3,5,9,12,14,16-17,20H2,(H,34,35,36)/t27-/m0/s1. The van der Waals surface area contributed by atoms with Crippen LogP contribution in [0, 0.1) is 5.82 Å². The molecule has 1 saturated heterocycles. The summed E-state index contributed by atoms with van der Waals surface area (Å²) in [6.45, 7) is 0.950. The van der Waals surface area contributed by atoms with Gasteiger partial charge in [-0.15, -0.1) is 0 Å². The number of benzene rings is 2. The predicted molar refractivity (Wildman–Crippen MR) is 157 cm³/mol. The molecule has 43 heavy (non-hydrogen) atoms. The molecular weight excluding hydrogens is 573 g/mol. The van der Waals surface area contributed by atoms with Crippen molar-refractivity contribution < 1.29 is 27.1 Å². The van der Waals surface area contributed by atoms with Crippen LogP contribution in [0.2, 0.25) is 0 Å². The molecule has 2 aromatic heterocycles. The number of nitrogens with zero attached hydrogens (tertiary/aromatic N) is 4. The predicted octanol–water partition coefficient (Wildman–Crippen LogP) is 4.42. The number of carbonyl (C=O) groups excluding carboxylic acids is 1. The number of nitrogens with one attached hydrogen (secondary N) is 1. The summed E-state index contributed by atoms with van der Waals surface area (Å²) in [4.78, 5) is 27.1. The summed E-state index contributed by atoms with van der Waals surface area (Å²) >= 11 is 0. The van der Waals surface area contributed by atoms with Gasteiger partial charge in [0.15, 0.2) is 17.3 Å². The summed E-state index contributed by atoms with van der Waals surface area (Å²) in [6.07, 6.45) is 3.83. The summed E-state index contributed by atoms with van der Waals surface area (Å²) in [7, 11) is -3.94. The average Bonchev–Trinajstić information content (AvgIpc) is 3.71. The number of halogens is 1. The zero-order valence-electron chi connectivity index (χ0n) is 23.3. The van der Waals surface area contributed by atoms with Gasteiger partial charge in [-0.3, -0.25) is 9.78 Å². The van der Waals surface area contributed by atoms with E-state index in [0.29, 0.717) is 61.1 Å². The molecule has 0 aliphatic carbocycles. The van der Waals surface area contributed by atoms with E-state index in [4.69, 9.17) is 14.5 Å². The number of pyridine rings is 1. The van der Waals surface area contributed by atoms with Crippen molar-refractivity contribution in [3.05, 3.63) is 90.1 Å². The summed E-state index contributed by atoms with van der Waals surface area (Å²) in [5, 5.41) is 3.27. The number of hydrogen-bond donors (Lipinski definition) is 1. The number of ketones is 1. The maximum absolute atomic E-state index is 13.4. The highest BCUT2D eigenvalue weighted by Crippen LogP contribution is 2.36. The molecular formula is C31H30FN5O5S. The maximum atomic E-state index is 13.4. The van der Waals surface area contributed by atoms with Gasteiger partial charge in [0.1, 0.15) is 5.82 Å². The van der Waals surface area contributed by atoms with E-state index in [1.165, 1.54) is 16.4 Å². The third kappa shape index (κ3) is 6.50. The van der Waals surface area contributed by atoms with E-state index in [1.807, 2.05) is 42.5 Å². The van der Waals surface area contributed by atoms with Gasteiger partial charge in [-0.2, -0.15) is 4.31 Å². The third-order valence-electron chi connectivity index (χ3n) is 7.46. The molecule has 1 N–H and O–H groups in total. The SMILES string of the molecule is O=C(CCc1cc(-c2ccc3c(c2)OCO3)nc(NCCc2ccccn2)n1)[C@@H]1CCCN1S(=O)(=O)c1ccc(F)cc1. The van der Waals surface area contributed by atoms with E-state index in [-0.39, 0.29) is 30.4 Å². The first kappa shape index (κ1) is 28.7. The minimum absolute atomic E-state index is 0.0285. The Bertz CT molecular complexity index is 1720. The van der Waals surface area contributed by atoms with Gasteiger partial charge in [0.2, 0.25) is 22.8 Å². The second-order valence-electron chi connectivity index (χ2n) is 10.3. The van der Waals surface area contributed by atoms with E-state index in [1.54, 1.807) is 6.20 Å². The molecule has 1 atom stereocenters. The Morgan fingerprint density at radius 2 is 1.81 bits per heavy atom. The van der Waals surface area contributed by atoms with Crippen molar-refractivity contribution >= 4 is 21.8 Å². The van der Waals surface area contributed by atoms with E-state index < -0.39 is 21.9 Å². The Morgan fingerprint density at radius 1 is 0.977 bits per heavy atom. The van der Waals surface area contributed by atoms with Crippen LogP contribution in [0.5, 0.6) is 11.5 Å². The molecule has 2 aliphatic rings. The highest BCUT2D eigenvalue weighted by Gasteiger charge is 2.39. The highest BCUT2D eigenvalue weighted by molar-refractivity contribution is 7.89. The van der Waals surface area contributed by atoms with Crippen molar-refractivity contribution in [3.63, 3.8) is 0 Å². The molecule has 10 nitrogen and oxygen atoms in total. The van der Waals surface area contributed by atoms with E-state index >= 15 is 0 Å². The van der Waals surface area contributed by atoms with Crippen LogP contribution in [-0.2, 0) is 27.7 Å². The van der Waals surface area contributed by atoms with Gasteiger partial charge in [0, 0.05) is 49.1 Å². The van der Waals surface area contributed by atoms with Crippen molar-refractivity contribution in [1.82, 2.24) is 19.3 Å². The normalized spacial score (nSPS) is 16.3. The second kappa shape index (κ2) is 12.4. The number of fused-ring (bicyclic) bond motifs is 1. The van der Waals surface area contributed by atoms with Crippen LogP contribution in [0.25, 0.3) is 11.3 Å². The molecule has 12 heteroatoms. The summed E-state index contributed by atoms with van der Waals surface area (Å²) in [5.74, 6) is 0.991. The third-order valence-corrected chi connectivity index (χ3v) is 9.38. The minimum Gasteiger partial charge on any atom is -0.454 e. The lowest BCUT2D eigenvalue weighted by Crippen LogP contribution is -2.40. The average molecular weight is 604 g/mol. The van der Waals surface area contributed by atoms with Crippen LogP contribution in [0.4, 0.5) is 10.3 Å². The molecule has 4 aromatic rings. The number of carbonyl (C=O) groups is 1. The van der Waals surface area contributed by atoms with E-state index in [0.717, 1.165) is 23.4 Å². The van der Waals surface area contributed by atoms with E-state index in [2.05, 4.69) is 15.3 Å². The number of hydrogen-bond acceptors (Lipinski definition) is 9. The van der Waals surface area contributed by atoms with Gasteiger partial charge >= 0.3 is 0 Å². The Hall–Kier alpha value is -4.42. The largest absolute Gasteiger partial charge is 0.454 e. The fourth-order valence-electron chi connectivity index (χ4n) is 5.27. The Labute approximate surface area is 249 Å². The van der Waals surface area contributed by atoms with Crippen LogP contribution >= 0.6 is 0 Å². The van der Waals surface area contributed by atoms with Gasteiger partial charge < -0.3 is 14.8 Å². The first-order valence-corrected chi connectivity index (χ1v) is 15.5. The van der Waals surface area contributed by atoms with Gasteiger partial charge in [-0.25, -0.2) is 22.8 Å². The van der Waals surface area contributed by atoms with Crippen molar-refractivity contribution in [2.45, 2.75) is 43.0 Å². The zero-order chi connectivity index (χ0) is 29.8. The Kier molecular flexibility index (Phi) is 8.30. The molecule has 0 bridgehead atoms. The number of rotatable bonds is 11. The van der Waals surface area contributed by atoms with Crippen LogP contribution in [0.15, 0.2) is 77.8 Å². The molecule has 1 fully saturated rings. The molecule has 0 unspecified atom stereocenters. The number of aryl methyl sites for hydroxylation is 1. The monoisotopic (exact) mass is 603 g/mol. The van der Waals surface area contributed by atoms with Crippen LogP contribution in [-0.4, -0.2) is 59.4 Å². The highest BCUT2D eigenvalue weighted by atomic mass is 32.2. The van der Waals surface area contributed by atoms with Crippen molar-refractivity contribution in [1.29, 1.82) is 0 Å². The zero-order valence-corrected chi connectivity index (χ0v) is 24.1. The molecule has 2 aromatic carbocycles.